The van der Waals surface area contributed by atoms with E-state index in [9.17, 15) is 13.2 Å². The summed E-state index contributed by atoms with van der Waals surface area (Å²) in [6, 6.07) is 12.4. The summed E-state index contributed by atoms with van der Waals surface area (Å²) in [6.45, 7) is 0.434. The molecule has 2 aromatic carbocycles. The molecule has 2 N–H and O–H groups in total. The van der Waals surface area contributed by atoms with Crippen molar-refractivity contribution in [2.45, 2.75) is 6.18 Å². The number of hydrogen-bond donors (Lipinski definition) is 1. The maximum atomic E-state index is 13.2. The number of halogens is 4. The van der Waals surface area contributed by atoms with E-state index in [0.29, 0.717) is 5.56 Å². The van der Waals surface area contributed by atoms with E-state index in [4.69, 9.17) is 10.5 Å². The highest BCUT2D eigenvalue weighted by molar-refractivity contribution is 5.85. The highest BCUT2D eigenvalue weighted by Crippen LogP contribution is 2.39. The van der Waals surface area contributed by atoms with Gasteiger partial charge in [-0.1, -0.05) is 36.4 Å². The molecule has 6 heteroatoms. The molecule has 2 aromatic rings. The molecule has 0 saturated heterocycles. The van der Waals surface area contributed by atoms with Crippen LogP contribution in [-0.2, 0) is 6.18 Å². The van der Waals surface area contributed by atoms with Crippen LogP contribution in [0.1, 0.15) is 5.56 Å². The van der Waals surface area contributed by atoms with Crippen molar-refractivity contribution in [3.8, 4) is 16.9 Å². The lowest BCUT2D eigenvalue weighted by Gasteiger charge is -2.15. The second kappa shape index (κ2) is 7.33. The molecule has 2 nitrogen and oxygen atoms in total. The number of hydrogen-bond acceptors (Lipinski definition) is 2. The summed E-state index contributed by atoms with van der Waals surface area (Å²) in [4.78, 5) is 0. The molecule has 0 bridgehead atoms. The Balaban J connectivity index is 0.00000220. The summed E-state index contributed by atoms with van der Waals surface area (Å²) in [5.74, 6) is 0.169. The number of ether oxygens (including phenoxy) is 1. The topological polar surface area (TPSA) is 35.2 Å². The van der Waals surface area contributed by atoms with E-state index in [1.807, 2.05) is 0 Å². The smallest absolute Gasteiger partial charge is 0.417 e. The van der Waals surface area contributed by atoms with Gasteiger partial charge in [-0.3, -0.25) is 0 Å². The van der Waals surface area contributed by atoms with Crippen LogP contribution in [0.5, 0.6) is 5.75 Å². The van der Waals surface area contributed by atoms with E-state index in [1.54, 1.807) is 30.3 Å². The fourth-order valence-electron chi connectivity index (χ4n) is 1.89. The first kappa shape index (κ1) is 17.3. The summed E-state index contributed by atoms with van der Waals surface area (Å²) >= 11 is 0. The molecule has 0 saturated carbocycles. The van der Waals surface area contributed by atoms with Crippen LogP contribution in [0.25, 0.3) is 11.1 Å². The van der Waals surface area contributed by atoms with E-state index in [0.717, 1.165) is 6.07 Å². The van der Waals surface area contributed by atoms with Gasteiger partial charge in [0.25, 0.3) is 0 Å². The van der Waals surface area contributed by atoms with Gasteiger partial charge in [0.1, 0.15) is 12.4 Å². The molecule has 0 aliphatic carbocycles. The highest BCUT2D eigenvalue weighted by Gasteiger charge is 2.34. The SMILES string of the molecule is Cl.NCCOc1ccc(-c2ccccc2)c(C(F)(F)F)c1. The number of rotatable bonds is 4. The second-order valence-corrected chi connectivity index (χ2v) is 4.21. The third-order valence-electron chi connectivity index (χ3n) is 2.77. The van der Waals surface area contributed by atoms with Gasteiger partial charge in [0.05, 0.1) is 5.56 Å². The average molecular weight is 318 g/mol. The molecule has 0 heterocycles. The van der Waals surface area contributed by atoms with E-state index >= 15 is 0 Å². The second-order valence-electron chi connectivity index (χ2n) is 4.21. The van der Waals surface area contributed by atoms with Crippen molar-refractivity contribution in [1.82, 2.24) is 0 Å². The molecule has 0 amide bonds. The van der Waals surface area contributed by atoms with Gasteiger partial charge in [-0.2, -0.15) is 13.2 Å². The molecular formula is C15H15ClF3NO. The largest absolute Gasteiger partial charge is 0.492 e. The van der Waals surface area contributed by atoms with Crippen molar-refractivity contribution in [2.24, 2.45) is 5.73 Å². The van der Waals surface area contributed by atoms with E-state index in [-0.39, 0.29) is 36.9 Å². The Morgan fingerprint density at radius 1 is 1.00 bits per heavy atom. The third kappa shape index (κ3) is 4.37. The fourth-order valence-corrected chi connectivity index (χ4v) is 1.89. The zero-order chi connectivity index (χ0) is 14.6. The molecule has 0 radical (unpaired) electrons. The van der Waals surface area contributed by atoms with Crippen molar-refractivity contribution in [3.05, 3.63) is 54.1 Å². The molecule has 0 unspecified atom stereocenters. The molecule has 2 rings (SSSR count). The van der Waals surface area contributed by atoms with Crippen molar-refractivity contribution < 1.29 is 17.9 Å². The van der Waals surface area contributed by atoms with Gasteiger partial charge in [0, 0.05) is 6.54 Å². The first-order valence-corrected chi connectivity index (χ1v) is 6.12. The van der Waals surface area contributed by atoms with Crippen LogP contribution in [-0.4, -0.2) is 13.2 Å². The number of alkyl halides is 3. The van der Waals surface area contributed by atoms with Crippen LogP contribution < -0.4 is 10.5 Å². The predicted molar refractivity (Wildman–Crippen MR) is 78.7 cm³/mol. The molecule has 0 fully saturated rings. The lowest BCUT2D eigenvalue weighted by molar-refractivity contribution is -0.137. The van der Waals surface area contributed by atoms with Crippen LogP contribution >= 0.6 is 12.4 Å². The van der Waals surface area contributed by atoms with Crippen molar-refractivity contribution in [1.29, 1.82) is 0 Å². The molecular weight excluding hydrogens is 303 g/mol. The van der Waals surface area contributed by atoms with Crippen LogP contribution in [0.15, 0.2) is 48.5 Å². The maximum Gasteiger partial charge on any atom is 0.417 e. The van der Waals surface area contributed by atoms with Gasteiger partial charge in [0.2, 0.25) is 0 Å². The molecule has 0 spiro atoms. The minimum absolute atomic E-state index is 0. The molecule has 0 atom stereocenters. The van der Waals surface area contributed by atoms with Gasteiger partial charge in [-0.05, 0) is 23.3 Å². The number of benzene rings is 2. The summed E-state index contributed by atoms with van der Waals surface area (Å²) in [5.41, 5.74) is 5.22. The summed E-state index contributed by atoms with van der Waals surface area (Å²) < 4.78 is 44.6. The monoisotopic (exact) mass is 317 g/mol. The molecule has 21 heavy (non-hydrogen) atoms. The molecule has 0 aliphatic heterocycles. The Labute approximate surface area is 127 Å². The Bertz CT molecular complexity index is 573. The lowest BCUT2D eigenvalue weighted by Crippen LogP contribution is -2.12. The highest BCUT2D eigenvalue weighted by atomic mass is 35.5. The predicted octanol–water partition coefficient (Wildman–Crippen LogP) is 4.13. The van der Waals surface area contributed by atoms with Crippen LogP contribution in [0.3, 0.4) is 0 Å². The minimum Gasteiger partial charge on any atom is -0.492 e. The van der Waals surface area contributed by atoms with Crippen LogP contribution in [0, 0.1) is 0 Å². The molecule has 114 valence electrons. The van der Waals surface area contributed by atoms with E-state index in [1.165, 1.54) is 12.1 Å². The minimum atomic E-state index is -4.44. The molecule has 0 aliphatic rings. The molecule has 0 aromatic heterocycles. The average Bonchev–Trinajstić information content (AvgIpc) is 2.45. The Morgan fingerprint density at radius 2 is 1.67 bits per heavy atom. The Kier molecular flexibility index (Phi) is 6.05. The third-order valence-corrected chi connectivity index (χ3v) is 2.77. The van der Waals surface area contributed by atoms with Crippen molar-refractivity contribution in [2.75, 3.05) is 13.2 Å². The van der Waals surface area contributed by atoms with Crippen molar-refractivity contribution in [3.63, 3.8) is 0 Å². The van der Waals surface area contributed by atoms with Gasteiger partial charge < -0.3 is 10.5 Å². The summed E-state index contributed by atoms with van der Waals surface area (Å²) in [7, 11) is 0. The van der Waals surface area contributed by atoms with Gasteiger partial charge in [-0.25, -0.2) is 0 Å². The van der Waals surface area contributed by atoms with E-state index < -0.39 is 11.7 Å². The quantitative estimate of drug-likeness (QED) is 0.920. The normalized spacial score (nSPS) is 10.9. The lowest BCUT2D eigenvalue weighted by atomic mass is 9.99. The van der Waals surface area contributed by atoms with Gasteiger partial charge in [0.15, 0.2) is 0 Å². The van der Waals surface area contributed by atoms with Crippen LogP contribution in [0.2, 0.25) is 0 Å². The van der Waals surface area contributed by atoms with Gasteiger partial charge in [-0.15, -0.1) is 12.4 Å². The zero-order valence-electron chi connectivity index (χ0n) is 11.1. The summed E-state index contributed by atoms with van der Waals surface area (Å²) in [6.07, 6.45) is -4.44. The standard InChI is InChI=1S/C15H14F3NO.ClH/c16-15(17,18)14-10-12(20-9-8-19)6-7-13(14)11-4-2-1-3-5-11;/h1-7,10H,8-9,19H2;1H. The van der Waals surface area contributed by atoms with Gasteiger partial charge >= 0.3 is 6.18 Å². The van der Waals surface area contributed by atoms with Crippen molar-refractivity contribution >= 4 is 12.4 Å². The maximum absolute atomic E-state index is 13.2. The Morgan fingerprint density at radius 3 is 2.24 bits per heavy atom. The van der Waals surface area contributed by atoms with E-state index in [2.05, 4.69) is 0 Å². The first-order valence-electron chi connectivity index (χ1n) is 6.12. The fraction of sp³-hybridized carbons (Fsp3) is 0.200. The zero-order valence-corrected chi connectivity index (χ0v) is 11.9. The van der Waals surface area contributed by atoms with Crippen LogP contribution in [0.4, 0.5) is 13.2 Å². The summed E-state index contributed by atoms with van der Waals surface area (Å²) in [5, 5.41) is 0. The first-order chi connectivity index (χ1) is 9.52. The Hall–Kier alpha value is -1.72. The number of nitrogens with two attached hydrogens (primary N) is 1.